The summed E-state index contributed by atoms with van der Waals surface area (Å²) in [4.78, 5) is 24.0. The molecular weight excluding hydrogens is 917 g/mol. The first-order valence-corrected chi connectivity index (χ1v) is 24.4. The van der Waals surface area contributed by atoms with Crippen molar-refractivity contribution in [1.82, 2.24) is 19.9 Å². The fourth-order valence-corrected chi connectivity index (χ4v) is 11.0. The number of pyridine rings is 4. The zero-order chi connectivity index (χ0) is 48.4. The highest BCUT2D eigenvalue weighted by molar-refractivity contribution is 6.14. The molecule has 0 N–H and O–H groups in total. The summed E-state index contributed by atoms with van der Waals surface area (Å²) < 4.78 is 26.2. The van der Waals surface area contributed by atoms with Crippen LogP contribution in [-0.2, 0) is 0 Å². The molecule has 0 atom stereocenters. The van der Waals surface area contributed by atoms with Crippen molar-refractivity contribution in [1.29, 1.82) is 0 Å². The largest absolute Gasteiger partial charge is 0.454 e. The van der Waals surface area contributed by atoms with Crippen molar-refractivity contribution in [2.45, 2.75) is 0 Å². The highest BCUT2D eigenvalue weighted by Gasteiger charge is 2.26. The molecule has 8 heterocycles. The first-order chi connectivity index (χ1) is 36.6. The highest BCUT2D eigenvalue weighted by atomic mass is 16.3. The standard InChI is InChI=1S/C64H36N6O4/c1-2-10-38-32-41(20-19-37(38)9-1)69(42-21-24-54-47(34-42)60-57(71-54)17-7-28-66-60)51-15-6-14-46-62-59(74-64(46)51)26-23-50(68-62)40-31-39-11-3-4-12-44(39)53(33-40)70(43-22-25-55-48(35-43)61-58(72-55)18-8-29-67-61)52-16-5-13-45-49-36-65-30-27-56(49)73-63(45)52/h1-36H. The quantitative estimate of drug-likeness (QED) is 0.153. The lowest BCUT2D eigenvalue weighted by Gasteiger charge is -2.27. The summed E-state index contributed by atoms with van der Waals surface area (Å²) in [7, 11) is 0. The molecule has 8 aromatic carbocycles. The maximum atomic E-state index is 6.93. The van der Waals surface area contributed by atoms with Crippen LogP contribution in [0.25, 0.3) is 121 Å². The molecule has 0 spiro atoms. The van der Waals surface area contributed by atoms with Gasteiger partial charge in [-0.3, -0.25) is 15.0 Å². The van der Waals surface area contributed by atoms with E-state index in [2.05, 4.69) is 160 Å². The second-order valence-corrected chi connectivity index (χ2v) is 18.6. The van der Waals surface area contributed by atoms with E-state index in [1.54, 1.807) is 18.6 Å². The van der Waals surface area contributed by atoms with E-state index < -0.39 is 0 Å². The minimum Gasteiger partial charge on any atom is -0.454 e. The van der Waals surface area contributed by atoms with Crippen LogP contribution in [0, 0.1) is 0 Å². The van der Waals surface area contributed by atoms with Gasteiger partial charge in [0.15, 0.2) is 27.9 Å². The third-order valence-corrected chi connectivity index (χ3v) is 14.4. The molecule has 0 unspecified atom stereocenters. The lowest BCUT2D eigenvalue weighted by Crippen LogP contribution is -2.11. The Kier molecular flexibility index (Phi) is 8.51. The Balaban J connectivity index is 0.894. The van der Waals surface area contributed by atoms with Crippen LogP contribution in [0.5, 0.6) is 0 Å². The molecule has 16 aromatic rings. The molecule has 10 nitrogen and oxygen atoms in total. The third kappa shape index (κ3) is 6.12. The molecule has 16 rings (SSSR count). The van der Waals surface area contributed by atoms with Crippen molar-refractivity contribution < 1.29 is 17.7 Å². The van der Waals surface area contributed by atoms with Crippen LogP contribution in [0.1, 0.15) is 0 Å². The molecule has 0 saturated heterocycles. The topological polar surface area (TPSA) is 111 Å². The molecule has 8 aromatic heterocycles. The van der Waals surface area contributed by atoms with E-state index in [9.17, 15) is 0 Å². The molecule has 0 aliphatic carbocycles. The number of para-hydroxylation sites is 2. The van der Waals surface area contributed by atoms with Gasteiger partial charge >= 0.3 is 0 Å². The molecule has 10 heteroatoms. The van der Waals surface area contributed by atoms with Gasteiger partial charge in [-0.1, -0.05) is 72.8 Å². The molecule has 0 saturated carbocycles. The number of aromatic nitrogens is 4. The van der Waals surface area contributed by atoms with Crippen LogP contribution in [0.15, 0.2) is 237 Å². The Morgan fingerprint density at radius 1 is 0.324 bits per heavy atom. The van der Waals surface area contributed by atoms with E-state index in [0.29, 0.717) is 11.2 Å². The van der Waals surface area contributed by atoms with Crippen LogP contribution in [-0.4, -0.2) is 19.9 Å². The third-order valence-electron chi connectivity index (χ3n) is 14.4. The number of anilines is 6. The lowest BCUT2D eigenvalue weighted by molar-refractivity contribution is 0.667. The summed E-state index contributed by atoms with van der Waals surface area (Å²) >= 11 is 0. The Hall–Kier alpha value is -10.3. The van der Waals surface area contributed by atoms with Crippen LogP contribution in [0.3, 0.4) is 0 Å². The molecule has 0 aliphatic rings. The summed E-state index contributed by atoms with van der Waals surface area (Å²) in [5.74, 6) is 0. The van der Waals surface area contributed by atoms with Crippen LogP contribution < -0.4 is 9.80 Å². The maximum absolute atomic E-state index is 6.93. The van der Waals surface area contributed by atoms with Crippen molar-refractivity contribution in [2.24, 2.45) is 0 Å². The molecule has 0 aliphatic heterocycles. The van der Waals surface area contributed by atoms with Gasteiger partial charge in [0.1, 0.15) is 33.3 Å². The van der Waals surface area contributed by atoms with Gasteiger partial charge < -0.3 is 27.5 Å². The zero-order valence-corrected chi connectivity index (χ0v) is 39.1. The van der Waals surface area contributed by atoms with E-state index in [1.165, 1.54) is 0 Å². The first kappa shape index (κ1) is 40.4. The summed E-state index contributed by atoms with van der Waals surface area (Å²) in [5.41, 5.74) is 15.5. The van der Waals surface area contributed by atoms with E-state index >= 15 is 0 Å². The molecule has 0 amide bonds. The Labute approximate surface area is 419 Å². The predicted molar refractivity (Wildman–Crippen MR) is 297 cm³/mol. The van der Waals surface area contributed by atoms with Crippen LogP contribution in [0.2, 0.25) is 0 Å². The average Bonchev–Trinajstić information content (AvgIpc) is 4.24. The summed E-state index contributed by atoms with van der Waals surface area (Å²) in [6.45, 7) is 0. The van der Waals surface area contributed by atoms with E-state index in [-0.39, 0.29) is 0 Å². The predicted octanol–water partition coefficient (Wildman–Crippen LogP) is 17.8. The monoisotopic (exact) mass is 952 g/mol. The van der Waals surface area contributed by atoms with Crippen molar-refractivity contribution >= 4 is 144 Å². The maximum Gasteiger partial charge on any atom is 0.161 e. The fourth-order valence-electron chi connectivity index (χ4n) is 11.0. The average molecular weight is 953 g/mol. The van der Waals surface area contributed by atoms with E-state index in [4.69, 9.17) is 32.6 Å². The van der Waals surface area contributed by atoms with E-state index in [1.807, 2.05) is 54.7 Å². The molecule has 0 fully saturated rings. The van der Waals surface area contributed by atoms with Gasteiger partial charge in [0.2, 0.25) is 0 Å². The van der Waals surface area contributed by atoms with Gasteiger partial charge in [-0.15, -0.1) is 0 Å². The number of benzene rings is 8. The van der Waals surface area contributed by atoms with Gasteiger partial charge in [0, 0.05) is 79.7 Å². The summed E-state index contributed by atoms with van der Waals surface area (Å²) in [6.07, 6.45) is 7.24. The Morgan fingerprint density at radius 3 is 1.70 bits per heavy atom. The van der Waals surface area contributed by atoms with Crippen LogP contribution in [0.4, 0.5) is 34.1 Å². The summed E-state index contributed by atoms with van der Waals surface area (Å²) in [6, 6.07) is 66.7. The van der Waals surface area contributed by atoms with Gasteiger partial charge in [-0.25, -0.2) is 4.98 Å². The van der Waals surface area contributed by atoms with Crippen molar-refractivity contribution in [3.05, 3.63) is 219 Å². The number of hydrogen-bond acceptors (Lipinski definition) is 10. The van der Waals surface area contributed by atoms with Crippen LogP contribution >= 0.6 is 0 Å². The Morgan fingerprint density at radius 2 is 0.919 bits per heavy atom. The lowest BCUT2D eigenvalue weighted by atomic mass is 10.00. The molecule has 0 radical (unpaired) electrons. The molecular formula is C64H36N6O4. The second kappa shape index (κ2) is 15.6. The van der Waals surface area contributed by atoms with E-state index in [0.717, 1.165) is 144 Å². The number of nitrogens with zero attached hydrogens (tertiary/aromatic N) is 6. The van der Waals surface area contributed by atoms with Crippen molar-refractivity contribution in [3.8, 4) is 11.3 Å². The number of fused-ring (bicyclic) bond motifs is 14. The summed E-state index contributed by atoms with van der Waals surface area (Å²) in [5, 5.41) is 9.03. The number of hydrogen-bond donors (Lipinski definition) is 0. The molecule has 346 valence electrons. The fraction of sp³-hybridized carbons (Fsp3) is 0. The number of rotatable bonds is 7. The minimum atomic E-state index is 0.679. The minimum absolute atomic E-state index is 0.679. The van der Waals surface area contributed by atoms with Gasteiger partial charge in [0.25, 0.3) is 0 Å². The molecule has 0 bridgehead atoms. The van der Waals surface area contributed by atoms with Gasteiger partial charge in [0.05, 0.1) is 22.8 Å². The highest BCUT2D eigenvalue weighted by Crippen LogP contribution is 2.48. The van der Waals surface area contributed by atoms with Crippen molar-refractivity contribution in [3.63, 3.8) is 0 Å². The zero-order valence-electron chi connectivity index (χ0n) is 39.1. The van der Waals surface area contributed by atoms with Gasteiger partial charge in [-0.05, 0) is 137 Å². The van der Waals surface area contributed by atoms with Crippen molar-refractivity contribution in [2.75, 3.05) is 9.80 Å². The normalized spacial score (nSPS) is 12.1. The smallest absolute Gasteiger partial charge is 0.161 e. The Bertz CT molecular complexity index is 4970. The first-order valence-electron chi connectivity index (χ1n) is 24.4. The second-order valence-electron chi connectivity index (χ2n) is 18.6. The molecule has 74 heavy (non-hydrogen) atoms. The van der Waals surface area contributed by atoms with Gasteiger partial charge in [-0.2, -0.15) is 0 Å². The SMILES string of the molecule is c1ccc2cc(N(c3ccc4oc5cccnc5c4c3)c3cccc4c3oc3ccc(-c5cc(N(c6ccc7oc8cccnc8c7c6)c6cccc7c6oc6ccncc67)c6ccccc6c5)nc34)ccc2c1. The number of furan rings is 4.